The van der Waals surface area contributed by atoms with E-state index >= 15 is 0 Å². The van der Waals surface area contributed by atoms with Crippen LogP contribution in [0.25, 0.3) is 12.2 Å². The van der Waals surface area contributed by atoms with Crippen molar-refractivity contribution in [2.75, 3.05) is 0 Å². The molecule has 94 valence electrons. The van der Waals surface area contributed by atoms with E-state index in [0.717, 1.165) is 11.1 Å². The monoisotopic (exact) mass is 249 g/mol. The second-order valence-electron chi connectivity index (χ2n) is 4.14. The van der Waals surface area contributed by atoms with Crippen LogP contribution < -0.4 is 0 Å². The van der Waals surface area contributed by atoms with Gasteiger partial charge in [0.15, 0.2) is 0 Å². The fraction of sp³-hybridized carbons (Fsp3) is 0.0588. The highest BCUT2D eigenvalue weighted by Gasteiger charge is 1.97. The van der Waals surface area contributed by atoms with Gasteiger partial charge in [0.1, 0.15) is 6.04 Å². The fourth-order valence-electron chi connectivity index (χ4n) is 1.68. The van der Waals surface area contributed by atoms with Crippen molar-refractivity contribution in [3.8, 4) is 0 Å². The molecule has 19 heavy (non-hydrogen) atoms. The van der Waals surface area contributed by atoms with Gasteiger partial charge in [-0.25, -0.2) is 0 Å². The van der Waals surface area contributed by atoms with Crippen molar-refractivity contribution < 1.29 is 0 Å². The first-order valence-corrected chi connectivity index (χ1v) is 6.17. The minimum absolute atomic E-state index is 0.444. The van der Waals surface area contributed by atoms with E-state index in [4.69, 9.17) is 0 Å². The number of nitroso groups, excluding NO2 is 1. The van der Waals surface area contributed by atoms with Gasteiger partial charge >= 0.3 is 0 Å². The quantitative estimate of drug-likeness (QED) is 0.715. The lowest BCUT2D eigenvalue weighted by molar-refractivity contribution is 1.02. The molecule has 0 amide bonds. The first kappa shape index (κ1) is 13.0. The molecule has 0 aliphatic heterocycles. The van der Waals surface area contributed by atoms with E-state index in [1.807, 2.05) is 72.8 Å². The van der Waals surface area contributed by atoms with Gasteiger partial charge in [-0.1, -0.05) is 90.1 Å². The van der Waals surface area contributed by atoms with Gasteiger partial charge < -0.3 is 0 Å². The summed E-state index contributed by atoms with van der Waals surface area (Å²) in [6, 6.07) is 19.3. The highest BCUT2D eigenvalue weighted by atomic mass is 16.3. The molecule has 0 bridgehead atoms. The molecular weight excluding hydrogens is 234 g/mol. The Balaban J connectivity index is 2.03. The second kappa shape index (κ2) is 7.07. The lowest BCUT2D eigenvalue weighted by Crippen LogP contribution is -1.92. The molecule has 0 N–H and O–H groups in total. The summed E-state index contributed by atoms with van der Waals surface area (Å²) in [5.41, 5.74) is 2.12. The summed E-state index contributed by atoms with van der Waals surface area (Å²) in [5, 5.41) is 3.09. The Morgan fingerprint density at radius 3 is 1.53 bits per heavy atom. The van der Waals surface area contributed by atoms with Gasteiger partial charge in [0, 0.05) is 0 Å². The normalized spacial score (nSPS) is 11.4. The molecule has 0 fully saturated rings. The Labute approximate surface area is 113 Å². The van der Waals surface area contributed by atoms with Gasteiger partial charge in [-0.3, -0.25) is 0 Å². The standard InChI is InChI=1S/C17H15NO/c19-18-17(13-11-15-7-3-1-4-8-15)14-12-16-9-5-2-6-10-16/h1-14,17H/b13-11+,14-12+. The molecule has 2 aromatic rings. The van der Waals surface area contributed by atoms with Crippen molar-refractivity contribution in [2.45, 2.75) is 6.04 Å². The van der Waals surface area contributed by atoms with Gasteiger partial charge in [0.25, 0.3) is 0 Å². The van der Waals surface area contributed by atoms with Crippen LogP contribution in [0.4, 0.5) is 0 Å². The van der Waals surface area contributed by atoms with Gasteiger partial charge in [-0.15, -0.1) is 4.91 Å². The summed E-state index contributed by atoms with van der Waals surface area (Å²) < 4.78 is 0. The Morgan fingerprint density at radius 1 is 0.737 bits per heavy atom. The summed E-state index contributed by atoms with van der Waals surface area (Å²) in [7, 11) is 0. The van der Waals surface area contributed by atoms with Crippen molar-refractivity contribution in [2.24, 2.45) is 5.18 Å². The molecule has 0 saturated heterocycles. The molecule has 0 unspecified atom stereocenters. The van der Waals surface area contributed by atoms with E-state index in [2.05, 4.69) is 5.18 Å². The molecule has 2 rings (SSSR count). The van der Waals surface area contributed by atoms with E-state index in [-0.39, 0.29) is 0 Å². The van der Waals surface area contributed by atoms with Crippen LogP contribution in [0.15, 0.2) is 78.0 Å². The van der Waals surface area contributed by atoms with Gasteiger partial charge in [0.2, 0.25) is 0 Å². The minimum atomic E-state index is -0.444. The molecule has 0 spiro atoms. The average molecular weight is 249 g/mol. The minimum Gasteiger partial charge on any atom is -0.150 e. The van der Waals surface area contributed by atoms with Gasteiger partial charge in [-0.2, -0.15) is 0 Å². The summed E-state index contributed by atoms with van der Waals surface area (Å²) in [6.07, 6.45) is 7.40. The van der Waals surface area contributed by atoms with Crippen molar-refractivity contribution in [3.63, 3.8) is 0 Å². The fourth-order valence-corrected chi connectivity index (χ4v) is 1.68. The van der Waals surface area contributed by atoms with E-state index in [1.165, 1.54) is 0 Å². The molecule has 0 saturated carbocycles. The average Bonchev–Trinajstić information content (AvgIpc) is 2.49. The Morgan fingerprint density at radius 2 is 1.16 bits per heavy atom. The van der Waals surface area contributed by atoms with Crippen molar-refractivity contribution >= 4 is 12.2 Å². The number of benzene rings is 2. The van der Waals surface area contributed by atoms with Crippen molar-refractivity contribution in [3.05, 3.63) is 88.8 Å². The summed E-state index contributed by atoms with van der Waals surface area (Å²) in [6.45, 7) is 0. The highest BCUT2D eigenvalue weighted by Crippen LogP contribution is 2.07. The topological polar surface area (TPSA) is 29.4 Å². The Hall–Kier alpha value is -2.48. The predicted molar refractivity (Wildman–Crippen MR) is 80.5 cm³/mol. The lowest BCUT2D eigenvalue weighted by atomic mass is 10.1. The predicted octanol–water partition coefficient (Wildman–Crippen LogP) is 4.55. The van der Waals surface area contributed by atoms with Crippen LogP contribution >= 0.6 is 0 Å². The highest BCUT2D eigenvalue weighted by molar-refractivity contribution is 5.53. The zero-order chi connectivity index (χ0) is 13.3. The zero-order valence-electron chi connectivity index (χ0n) is 10.5. The van der Waals surface area contributed by atoms with Crippen LogP contribution in [0.2, 0.25) is 0 Å². The number of nitrogens with zero attached hydrogens (tertiary/aromatic N) is 1. The van der Waals surface area contributed by atoms with Crippen LogP contribution in [0.5, 0.6) is 0 Å². The molecule has 2 aromatic carbocycles. The van der Waals surface area contributed by atoms with Crippen LogP contribution in [0.3, 0.4) is 0 Å². The molecule has 0 radical (unpaired) electrons. The lowest BCUT2D eigenvalue weighted by Gasteiger charge is -1.97. The molecule has 0 atom stereocenters. The summed E-state index contributed by atoms with van der Waals surface area (Å²) >= 11 is 0. The maximum atomic E-state index is 10.8. The maximum Gasteiger partial charge on any atom is 0.129 e. The third-order valence-electron chi connectivity index (χ3n) is 2.69. The molecule has 0 heterocycles. The molecule has 0 aromatic heterocycles. The molecular formula is C17H15NO. The number of rotatable bonds is 5. The van der Waals surface area contributed by atoms with E-state index in [9.17, 15) is 4.91 Å². The first-order chi connectivity index (χ1) is 9.38. The van der Waals surface area contributed by atoms with E-state index in [0.29, 0.717) is 0 Å². The van der Waals surface area contributed by atoms with Crippen LogP contribution in [0, 0.1) is 4.91 Å². The second-order valence-corrected chi connectivity index (χ2v) is 4.14. The smallest absolute Gasteiger partial charge is 0.129 e. The summed E-state index contributed by atoms with van der Waals surface area (Å²) in [4.78, 5) is 10.8. The third kappa shape index (κ3) is 4.36. The SMILES string of the molecule is O=NC(/C=C/c1ccccc1)/C=C/c1ccccc1. The zero-order valence-corrected chi connectivity index (χ0v) is 10.5. The molecule has 0 aliphatic carbocycles. The van der Waals surface area contributed by atoms with Crippen LogP contribution in [-0.4, -0.2) is 6.04 Å². The molecule has 0 aliphatic rings. The third-order valence-corrected chi connectivity index (χ3v) is 2.69. The Bertz CT molecular complexity index is 509. The number of hydrogen-bond acceptors (Lipinski definition) is 2. The number of hydrogen-bond donors (Lipinski definition) is 0. The Kier molecular flexibility index (Phi) is 4.82. The molecule has 2 heteroatoms. The van der Waals surface area contributed by atoms with Crippen LogP contribution in [0.1, 0.15) is 11.1 Å². The van der Waals surface area contributed by atoms with Gasteiger partial charge in [-0.05, 0) is 11.1 Å². The summed E-state index contributed by atoms with van der Waals surface area (Å²) in [5.74, 6) is 0. The maximum absolute atomic E-state index is 10.8. The van der Waals surface area contributed by atoms with Crippen molar-refractivity contribution in [1.29, 1.82) is 0 Å². The van der Waals surface area contributed by atoms with Crippen LogP contribution in [-0.2, 0) is 0 Å². The molecule has 2 nitrogen and oxygen atoms in total. The van der Waals surface area contributed by atoms with Crippen molar-refractivity contribution in [1.82, 2.24) is 0 Å². The largest absolute Gasteiger partial charge is 0.150 e. The first-order valence-electron chi connectivity index (χ1n) is 6.17. The van der Waals surface area contributed by atoms with Gasteiger partial charge in [0.05, 0.1) is 0 Å². The van der Waals surface area contributed by atoms with E-state index in [1.54, 1.807) is 12.2 Å². The van der Waals surface area contributed by atoms with E-state index < -0.39 is 6.04 Å².